The van der Waals surface area contributed by atoms with Crippen molar-refractivity contribution in [3.63, 3.8) is 0 Å². The average Bonchev–Trinajstić information content (AvgIpc) is 2.98. The van der Waals surface area contributed by atoms with Crippen molar-refractivity contribution < 1.29 is 14.3 Å². The fourth-order valence-corrected chi connectivity index (χ4v) is 3.22. The number of hydrogen-bond donors (Lipinski definition) is 0. The maximum Gasteiger partial charge on any atom is 0.410 e. The van der Waals surface area contributed by atoms with Crippen LogP contribution in [0.15, 0.2) is 0 Å². The molecule has 0 N–H and O–H groups in total. The van der Waals surface area contributed by atoms with E-state index < -0.39 is 11.1 Å². The van der Waals surface area contributed by atoms with Crippen molar-refractivity contribution in [2.24, 2.45) is 0 Å². The molecule has 2 amide bonds. The zero-order chi connectivity index (χ0) is 17.3. The van der Waals surface area contributed by atoms with Crippen LogP contribution in [0.2, 0.25) is 0 Å². The zero-order valence-electron chi connectivity index (χ0n) is 15.2. The molecule has 0 saturated carbocycles. The summed E-state index contributed by atoms with van der Waals surface area (Å²) in [5.41, 5.74) is -0.983. The van der Waals surface area contributed by atoms with Gasteiger partial charge in [0, 0.05) is 39.3 Å². The van der Waals surface area contributed by atoms with Crippen molar-refractivity contribution in [1.29, 1.82) is 0 Å². The molecule has 2 aliphatic rings. The predicted molar refractivity (Wildman–Crippen MR) is 89.3 cm³/mol. The van der Waals surface area contributed by atoms with Gasteiger partial charge >= 0.3 is 6.09 Å². The largest absolute Gasteiger partial charge is 0.444 e. The first-order valence-electron chi connectivity index (χ1n) is 8.63. The van der Waals surface area contributed by atoms with Crippen molar-refractivity contribution in [3.05, 3.63) is 0 Å². The first-order valence-corrected chi connectivity index (χ1v) is 8.63. The molecule has 2 heterocycles. The van der Waals surface area contributed by atoms with Crippen LogP contribution in [0.4, 0.5) is 4.79 Å². The summed E-state index contributed by atoms with van der Waals surface area (Å²) in [5.74, 6) is 0.209. The molecule has 23 heavy (non-hydrogen) atoms. The summed E-state index contributed by atoms with van der Waals surface area (Å²) in [7, 11) is 0. The van der Waals surface area contributed by atoms with Gasteiger partial charge in [-0.05, 0) is 47.5 Å². The lowest BCUT2D eigenvalue weighted by Crippen LogP contribution is -2.61. The average molecular weight is 325 g/mol. The summed E-state index contributed by atoms with van der Waals surface area (Å²) in [6.07, 6.45) is 1.95. The van der Waals surface area contributed by atoms with E-state index in [0.29, 0.717) is 26.2 Å². The van der Waals surface area contributed by atoms with Crippen LogP contribution in [0, 0.1) is 0 Å². The lowest BCUT2D eigenvalue weighted by molar-refractivity contribution is -0.142. The molecule has 6 heteroatoms. The molecule has 132 valence electrons. The summed E-state index contributed by atoms with van der Waals surface area (Å²) in [6, 6.07) is 0. The van der Waals surface area contributed by atoms with Gasteiger partial charge in [-0.15, -0.1) is 0 Å². The lowest BCUT2D eigenvalue weighted by atomic mass is 9.99. The van der Waals surface area contributed by atoms with E-state index in [4.69, 9.17) is 4.74 Å². The van der Waals surface area contributed by atoms with Gasteiger partial charge in [-0.25, -0.2) is 4.79 Å². The molecule has 0 aromatic carbocycles. The molecular weight excluding hydrogens is 294 g/mol. The Morgan fingerprint density at radius 1 is 0.783 bits per heavy atom. The number of carbonyl (C=O) groups is 2. The molecule has 0 spiro atoms. The van der Waals surface area contributed by atoms with E-state index in [2.05, 4.69) is 4.90 Å². The van der Waals surface area contributed by atoms with Gasteiger partial charge < -0.3 is 14.5 Å². The molecule has 2 aliphatic heterocycles. The predicted octanol–water partition coefficient (Wildman–Crippen LogP) is 1.94. The smallest absolute Gasteiger partial charge is 0.410 e. The second-order valence-electron chi connectivity index (χ2n) is 8.01. The van der Waals surface area contributed by atoms with Crippen molar-refractivity contribution >= 4 is 12.0 Å². The molecule has 0 atom stereocenters. The van der Waals surface area contributed by atoms with Gasteiger partial charge in [-0.1, -0.05) is 0 Å². The van der Waals surface area contributed by atoms with Gasteiger partial charge in [0.15, 0.2) is 0 Å². The third kappa shape index (κ3) is 4.37. The molecule has 0 radical (unpaired) electrons. The van der Waals surface area contributed by atoms with E-state index in [-0.39, 0.29) is 12.0 Å². The Morgan fingerprint density at radius 2 is 1.30 bits per heavy atom. The second-order valence-corrected chi connectivity index (χ2v) is 8.01. The summed E-state index contributed by atoms with van der Waals surface area (Å²) in [5, 5.41) is 0. The fraction of sp³-hybridized carbons (Fsp3) is 0.882. The molecule has 0 unspecified atom stereocenters. The Balaban J connectivity index is 1.90. The van der Waals surface area contributed by atoms with Gasteiger partial charge in [0.05, 0.1) is 5.54 Å². The SMILES string of the molecule is CC(C)(C)OC(=O)N1CCN(C(C)(C)C(=O)N2CCCC2)CC1. The molecular formula is C17H31N3O3. The lowest BCUT2D eigenvalue weighted by Gasteiger charge is -2.44. The quantitative estimate of drug-likeness (QED) is 0.778. The monoisotopic (exact) mass is 325 g/mol. The van der Waals surface area contributed by atoms with Gasteiger partial charge in [-0.3, -0.25) is 9.69 Å². The molecule has 0 aromatic rings. The molecule has 2 saturated heterocycles. The number of nitrogens with zero attached hydrogens (tertiary/aromatic N) is 3. The number of ether oxygens (including phenoxy) is 1. The summed E-state index contributed by atoms with van der Waals surface area (Å²) < 4.78 is 5.42. The maximum absolute atomic E-state index is 12.7. The Kier molecular flexibility index (Phi) is 5.23. The van der Waals surface area contributed by atoms with E-state index >= 15 is 0 Å². The van der Waals surface area contributed by atoms with Crippen molar-refractivity contribution in [1.82, 2.24) is 14.7 Å². The first kappa shape index (κ1) is 18.0. The molecule has 0 bridgehead atoms. The van der Waals surface area contributed by atoms with Crippen LogP contribution in [0.25, 0.3) is 0 Å². The molecule has 6 nitrogen and oxygen atoms in total. The number of hydrogen-bond acceptors (Lipinski definition) is 4. The van der Waals surface area contributed by atoms with Gasteiger partial charge in [0.2, 0.25) is 5.91 Å². The van der Waals surface area contributed by atoms with Crippen molar-refractivity contribution in [2.45, 2.75) is 58.6 Å². The summed E-state index contributed by atoms with van der Waals surface area (Å²) in [6.45, 7) is 14.0. The van der Waals surface area contributed by atoms with E-state index in [1.54, 1.807) is 4.90 Å². The second kappa shape index (κ2) is 6.67. The Labute approximate surface area is 139 Å². The number of amides is 2. The zero-order valence-corrected chi connectivity index (χ0v) is 15.2. The van der Waals surface area contributed by atoms with E-state index in [1.807, 2.05) is 39.5 Å². The van der Waals surface area contributed by atoms with Crippen LogP contribution in [0.5, 0.6) is 0 Å². The van der Waals surface area contributed by atoms with Crippen LogP contribution >= 0.6 is 0 Å². The van der Waals surface area contributed by atoms with Crippen LogP contribution in [0.3, 0.4) is 0 Å². The molecule has 0 aliphatic carbocycles. The van der Waals surface area contributed by atoms with E-state index in [9.17, 15) is 9.59 Å². The van der Waals surface area contributed by atoms with Crippen LogP contribution in [-0.4, -0.2) is 77.1 Å². The molecule has 0 aromatic heterocycles. The van der Waals surface area contributed by atoms with Gasteiger partial charge in [0.25, 0.3) is 0 Å². The Bertz CT molecular complexity index is 442. The third-order valence-electron chi connectivity index (χ3n) is 4.64. The fourth-order valence-electron chi connectivity index (χ4n) is 3.22. The Morgan fingerprint density at radius 3 is 1.78 bits per heavy atom. The van der Waals surface area contributed by atoms with Crippen molar-refractivity contribution in [2.75, 3.05) is 39.3 Å². The third-order valence-corrected chi connectivity index (χ3v) is 4.64. The minimum absolute atomic E-state index is 0.209. The minimum Gasteiger partial charge on any atom is -0.444 e. The van der Waals surface area contributed by atoms with Crippen molar-refractivity contribution in [3.8, 4) is 0 Å². The molecule has 2 fully saturated rings. The van der Waals surface area contributed by atoms with Crippen LogP contribution < -0.4 is 0 Å². The van der Waals surface area contributed by atoms with E-state index in [0.717, 1.165) is 25.9 Å². The number of piperazine rings is 1. The highest BCUT2D eigenvalue weighted by Gasteiger charge is 2.40. The summed E-state index contributed by atoms with van der Waals surface area (Å²) in [4.78, 5) is 30.8. The number of rotatable bonds is 2. The highest BCUT2D eigenvalue weighted by atomic mass is 16.6. The highest BCUT2D eigenvalue weighted by Crippen LogP contribution is 2.23. The highest BCUT2D eigenvalue weighted by molar-refractivity contribution is 5.85. The minimum atomic E-state index is -0.510. The van der Waals surface area contributed by atoms with E-state index in [1.165, 1.54) is 0 Å². The topological polar surface area (TPSA) is 53.1 Å². The van der Waals surface area contributed by atoms with Gasteiger partial charge in [-0.2, -0.15) is 0 Å². The maximum atomic E-state index is 12.7. The normalized spacial score (nSPS) is 20.7. The molecule has 2 rings (SSSR count). The first-order chi connectivity index (χ1) is 10.6. The standard InChI is InChI=1S/C17H31N3O3/c1-16(2,3)23-15(22)19-10-12-20(13-11-19)17(4,5)14(21)18-8-6-7-9-18/h6-13H2,1-5H3. The Hall–Kier alpha value is -1.30. The number of likely N-dealkylation sites (tertiary alicyclic amines) is 1. The van der Waals surface area contributed by atoms with Crippen LogP contribution in [-0.2, 0) is 9.53 Å². The van der Waals surface area contributed by atoms with Gasteiger partial charge in [0.1, 0.15) is 5.60 Å². The van der Waals surface area contributed by atoms with Crippen LogP contribution in [0.1, 0.15) is 47.5 Å². The summed E-state index contributed by atoms with van der Waals surface area (Å²) >= 11 is 0. The number of carbonyl (C=O) groups excluding carboxylic acids is 2.